The van der Waals surface area contributed by atoms with E-state index in [4.69, 9.17) is 0 Å². The lowest BCUT2D eigenvalue weighted by molar-refractivity contribution is 0.633. The van der Waals surface area contributed by atoms with E-state index in [9.17, 15) is 4.21 Å². The van der Waals surface area contributed by atoms with Gasteiger partial charge in [-0.3, -0.25) is 4.21 Å². The molecular formula is C16H19NOS. The summed E-state index contributed by atoms with van der Waals surface area (Å²) < 4.78 is 12.4. The zero-order valence-corrected chi connectivity index (χ0v) is 12.1. The summed E-state index contributed by atoms with van der Waals surface area (Å²) in [7, 11) is 0.931. The maximum Gasteiger partial charge on any atom is 0.0548 e. The molecule has 0 aromatic heterocycles. The van der Waals surface area contributed by atoms with Crippen molar-refractivity contribution in [1.29, 1.82) is 0 Å². The van der Waals surface area contributed by atoms with Crippen molar-refractivity contribution < 1.29 is 4.21 Å². The van der Waals surface area contributed by atoms with Crippen LogP contribution in [-0.2, 0) is 10.8 Å². The maximum absolute atomic E-state index is 12.4. The normalized spacial score (nSPS) is 14.0. The Morgan fingerprint density at radius 3 is 2.32 bits per heavy atom. The average molecular weight is 273 g/mol. The van der Waals surface area contributed by atoms with Crippen molar-refractivity contribution in [2.24, 2.45) is 0 Å². The summed E-state index contributed by atoms with van der Waals surface area (Å²) in [6.45, 7) is 2.09. The van der Waals surface area contributed by atoms with Crippen LogP contribution in [0.1, 0.15) is 17.2 Å². The molecule has 2 unspecified atom stereocenters. The van der Waals surface area contributed by atoms with Gasteiger partial charge in [-0.25, -0.2) is 0 Å². The minimum atomic E-state index is -0.985. The van der Waals surface area contributed by atoms with E-state index in [1.165, 1.54) is 11.1 Å². The Labute approximate surface area is 117 Å². The SMILES string of the molecule is CNC(CS(=O)c1ccccc1)c1ccccc1C. The van der Waals surface area contributed by atoms with Gasteiger partial charge < -0.3 is 5.32 Å². The lowest BCUT2D eigenvalue weighted by atomic mass is 10.0. The van der Waals surface area contributed by atoms with Crippen LogP contribution in [0, 0.1) is 6.92 Å². The minimum absolute atomic E-state index is 0.113. The Balaban J connectivity index is 2.17. The summed E-state index contributed by atoms with van der Waals surface area (Å²) in [5.41, 5.74) is 2.45. The number of hydrogen-bond donors (Lipinski definition) is 1. The van der Waals surface area contributed by atoms with E-state index < -0.39 is 10.8 Å². The predicted molar refractivity (Wildman–Crippen MR) is 80.7 cm³/mol. The van der Waals surface area contributed by atoms with E-state index in [1.54, 1.807) is 0 Å². The third kappa shape index (κ3) is 3.52. The van der Waals surface area contributed by atoms with Crippen molar-refractivity contribution in [3.63, 3.8) is 0 Å². The summed E-state index contributed by atoms with van der Waals surface area (Å²) in [6.07, 6.45) is 0. The Bertz CT molecular complexity index is 554. The van der Waals surface area contributed by atoms with E-state index in [2.05, 4.69) is 24.4 Å². The van der Waals surface area contributed by atoms with Gasteiger partial charge in [-0.1, -0.05) is 42.5 Å². The van der Waals surface area contributed by atoms with Gasteiger partial charge in [0.25, 0.3) is 0 Å². The Kier molecular flexibility index (Phi) is 4.88. The summed E-state index contributed by atoms with van der Waals surface area (Å²) in [5, 5.41) is 3.27. The molecule has 0 heterocycles. The molecule has 2 nitrogen and oxygen atoms in total. The van der Waals surface area contributed by atoms with Gasteiger partial charge in [0.05, 0.1) is 10.8 Å². The standard InChI is InChI=1S/C16H19NOS/c1-13-8-6-7-11-15(13)16(17-2)12-19(18)14-9-4-3-5-10-14/h3-11,16-17H,12H2,1-2H3. The molecule has 0 saturated heterocycles. The summed E-state index contributed by atoms with van der Waals surface area (Å²) in [6, 6.07) is 18.0. The van der Waals surface area contributed by atoms with Gasteiger partial charge in [0.15, 0.2) is 0 Å². The van der Waals surface area contributed by atoms with Crippen LogP contribution in [-0.4, -0.2) is 17.0 Å². The van der Waals surface area contributed by atoms with E-state index in [1.807, 2.05) is 49.5 Å². The molecule has 0 aliphatic rings. The fraction of sp³-hybridized carbons (Fsp3) is 0.250. The molecule has 0 aliphatic carbocycles. The van der Waals surface area contributed by atoms with Gasteiger partial charge in [0.2, 0.25) is 0 Å². The van der Waals surface area contributed by atoms with E-state index in [0.29, 0.717) is 5.75 Å². The van der Waals surface area contributed by atoms with Crippen molar-refractivity contribution in [1.82, 2.24) is 5.32 Å². The second-order valence-corrected chi connectivity index (χ2v) is 6.02. The fourth-order valence-electron chi connectivity index (χ4n) is 2.13. The van der Waals surface area contributed by atoms with Gasteiger partial charge >= 0.3 is 0 Å². The van der Waals surface area contributed by atoms with Crippen LogP contribution >= 0.6 is 0 Å². The van der Waals surface area contributed by atoms with Crippen molar-refractivity contribution in [2.45, 2.75) is 17.9 Å². The van der Waals surface area contributed by atoms with Gasteiger partial charge in [-0.2, -0.15) is 0 Å². The van der Waals surface area contributed by atoms with Crippen LogP contribution in [0.4, 0.5) is 0 Å². The van der Waals surface area contributed by atoms with Gasteiger partial charge in [0, 0.05) is 16.7 Å². The Morgan fingerprint density at radius 1 is 1.05 bits per heavy atom. The molecule has 1 N–H and O–H groups in total. The van der Waals surface area contributed by atoms with Crippen LogP contribution in [0.3, 0.4) is 0 Å². The first-order chi connectivity index (χ1) is 9.22. The van der Waals surface area contributed by atoms with Crippen LogP contribution in [0.25, 0.3) is 0 Å². The number of benzene rings is 2. The van der Waals surface area contributed by atoms with Gasteiger partial charge in [-0.05, 0) is 37.2 Å². The highest BCUT2D eigenvalue weighted by atomic mass is 32.2. The summed E-state index contributed by atoms with van der Waals surface area (Å²) in [5.74, 6) is 0.589. The largest absolute Gasteiger partial charge is 0.312 e. The Morgan fingerprint density at radius 2 is 1.68 bits per heavy atom. The third-order valence-corrected chi connectivity index (χ3v) is 4.67. The number of rotatable bonds is 5. The van der Waals surface area contributed by atoms with Crippen LogP contribution in [0.2, 0.25) is 0 Å². The highest BCUT2D eigenvalue weighted by Crippen LogP contribution is 2.20. The molecular weight excluding hydrogens is 254 g/mol. The molecule has 2 atom stereocenters. The molecule has 3 heteroatoms. The highest BCUT2D eigenvalue weighted by Gasteiger charge is 2.15. The number of nitrogens with one attached hydrogen (secondary N) is 1. The lowest BCUT2D eigenvalue weighted by Gasteiger charge is -2.18. The molecule has 2 rings (SSSR count). The summed E-state index contributed by atoms with van der Waals surface area (Å²) in [4.78, 5) is 0.885. The quantitative estimate of drug-likeness (QED) is 0.907. The molecule has 0 saturated carbocycles. The third-order valence-electron chi connectivity index (χ3n) is 3.24. The number of aryl methyl sites for hydroxylation is 1. The predicted octanol–water partition coefficient (Wildman–Crippen LogP) is 3.06. The van der Waals surface area contributed by atoms with Crippen LogP contribution in [0.15, 0.2) is 59.5 Å². The first kappa shape index (κ1) is 14.0. The van der Waals surface area contributed by atoms with Gasteiger partial charge in [0.1, 0.15) is 0 Å². The topological polar surface area (TPSA) is 29.1 Å². The smallest absolute Gasteiger partial charge is 0.0548 e. The van der Waals surface area contributed by atoms with Crippen molar-refractivity contribution in [3.8, 4) is 0 Å². The van der Waals surface area contributed by atoms with Crippen LogP contribution < -0.4 is 5.32 Å². The number of hydrogen-bond acceptors (Lipinski definition) is 2. The second-order valence-electron chi connectivity index (χ2n) is 4.52. The fourth-order valence-corrected chi connectivity index (χ4v) is 3.43. The van der Waals surface area contributed by atoms with E-state index in [-0.39, 0.29) is 6.04 Å². The van der Waals surface area contributed by atoms with E-state index in [0.717, 1.165) is 4.90 Å². The molecule has 0 spiro atoms. The van der Waals surface area contributed by atoms with Crippen molar-refractivity contribution in [2.75, 3.05) is 12.8 Å². The van der Waals surface area contributed by atoms with Gasteiger partial charge in [-0.15, -0.1) is 0 Å². The average Bonchev–Trinajstić information content (AvgIpc) is 2.46. The van der Waals surface area contributed by atoms with E-state index >= 15 is 0 Å². The van der Waals surface area contributed by atoms with Crippen LogP contribution in [0.5, 0.6) is 0 Å². The molecule has 19 heavy (non-hydrogen) atoms. The molecule has 2 aromatic rings. The zero-order chi connectivity index (χ0) is 13.7. The molecule has 0 amide bonds. The molecule has 2 aromatic carbocycles. The Hall–Kier alpha value is -1.45. The second kappa shape index (κ2) is 6.64. The minimum Gasteiger partial charge on any atom is -0.312 e. The molecule has 0 aliphatic heterocycles. The lowest BCUT2D eigenvalue weighted by Crippen LogP contribution is -2.23. The zero-order valence-electron chi connectivity index (χ0n) is 11.3. The summed E-state index contributed by atoms with van der Waals surface area (Å²) >= 11 is 0. The van der Waals surface area contributed by atoms with Crippen molar-refractivity contribution in [3.05, 3.63) is 65.7 Å². The highest BCUT2D eigenvalue weighted by molar-refractivity contribution is 7.85. The molecule has 0 radical (unpaired) electrons. The molecule has 0 bridgehead atoms. The molecule has 0 fully saturated rings. The van der Waals surface area contributed by atoms with Crippen molar-refractivity contribution >= 4 is 10.8 Å². The first-order valence-corrected chi connectivity index (χ1v) is 7.70. The molecule has 100 valence electrons. The monoisotopic (exact) mass is 273 g/mol. The maximum atomic E-state index is 12.4. The first-order valence-electron chi connectivity index (χ1n) is 6.38.